The van der Waals surface area contributed by atoms with Crippen molar-refractivity contribution in [3.8, 4) is 0 Å². The van der Waals surface area contributed by atoms with E-state index in [2.05, 4.69) is 4.98 Å². The van der Waals surface area contributed by atoms with Crippen LogP contribution in [0.2, 0.25) is 0 Å². The summed E-state index contributed by atoms with van der Waals surface area (Å²) in [6.07, 6.45) is 2.65. The molecule has 2 nitrogen and oxygen atoms in total. The quantitative estimate of drug-likeness (QED) is 0.731. The van der Waals surface area contributed by atoms with Crippen molar-refractivity contribution in [2.45, 2.75) is 12.8 Å². The molecule has 1 atom stereocenters. The Labute approximate surface area is 95.0 Å². The molecule has 0 aliphatic heterocycles. The average Bonchev–Trinajstić information content (AvgIpc) is 2.31. The van der Waals surface area contributed by atoms with Gasteiger partial charge in [0.2, 0.25) is 0 Å². The van der Waals surface area contributed by atoms with Gasteiger partial charge >= 0.3 is 0 Å². The minimum Gasteiger partial charge on any atom is -0.302 e. The van der Waals surface area contributed by atoms with E-state index >= 15 is 0 Å². The van der Waals surface area contributed by atoms with Gasteiger partial charge in [-0.05, 0) is 24.6 Å². The first-order valence-corrected chi connectivity index (χ1v) is 5.24. The molecule has 1 aromatic carbocycles. The summed E-state index contributed by atoms with van der Waals surface area (Å²) < 4.78 is 0. The predicted octanol–water partition coefficient (Wildman–Crippen LogP) is 2.72. The van der Waals surface area contributed by atoms with Gasteiger partial charge in [0.1, 0.15) is 6.29 Å². The molecule has 0 N–H and O–H groups in total. The monoisotopic (exact) mass is 211 g/mol. The number of pyridine rings is 1. The summed E-state index contributed by atoms with van der Waals surface area (Å²) in [5, 5.41) is 0. The molecule has 0 fully saturated rings. The molecule has 0 amide bonds. The molecule has 0 aliphatic rings. The molecular formula is C14H13NO. The lowest BCUT2D eigenvalue weighted by Crippen LogP contribution is -2.04. The average molecular weight is 211 g/mol. The lowest BCUT2D eigenvalue weighted by molar-refractivity contribution is -0.108. The molecule has 0 saturated carbocycles. The molecule has 2 aromatic rings. The number of carbonyl (C=O) groups excluding carboxylic acids is 1. The van der Waals surface area contributed by atoms with Crippen molar-refractivity contribution in [1.82, 2.24) is 4.98 Å². The van der Waals surface area contributed by atoms with E-state index in [0.717, 1.165) is 23.1 Å². The van der Waals surface area contributed by atoms with Crippen LogP contribution in [0.15, 0.2) is 48.7 Å². The number of hydrogen-bond acceptors (Lipinski definition) is 2. The van der Waals surface area contributed by atoms with Crippen molar-refractivity contribution in [2.75, 3.05) is 0 Å². The minimum atomic E-state index is -0.263. The molecule has 0 spiro atoms. The van der Waals surface area contributed by atoms with Crippen LogP contribution in [0, 0.1) is 6.92 Å². The van der Waals surface area contributed by atoms with Gasteiger partial charge in [-0.3, -0.25) is 4.98 Å². The maximum Gasteiger partial charge on any atom is 0.133 e. The summed E-state index contributed by atoms with van der Waals surface area (Å²) in [6, 6.07) is 13.6. The Kier molecular flexibility index (Phi) is 3.10. The van der Waals surface area contributed by atoms with Crippen LogP contribution in [-0.4, -0.2) is 11.3 Å². The fraction of sp³-hybridized carbons (Fsp3) is 0.143. The predicted molar refractivity (Wildman–Crippen MR) is 63.3 cm³/mol. The van der Waals surface area contributed by atoms with Crippen LogP contribution in [0.25, 0.3) is 0 Å². The third kappa shape index (κ3) is 2.16. The Morgan fingerprint density at radius 2 is 2.06 bits per heavy atom. The normalized spacial score (nSPS) is 12.1. The Morgan fingerprint density at radius 1 is 1.19 bits per heavy atom. The van der Waals surface area contributed by atoms with Gasteiger partial charge in [-0.25, -0.2) is 0 Å². The maximum atomic E-state index is 11.2. The van der Waals surface area contributed by atoms with E-state index in [-0.39, 0.29) is 5.92 Å². The van der Waals surface area contributed by atoms with Gasteiger partial charge in [-0.1, -0.05) is 35.9 Å². The molecule has 0 bridgehead atoms. The van der Waals surface area contributed by atoms with E-state index in [1.807, 2.05) is 49.4 Å². The molecule has 0 aliphatic carbocycles. The SMILES string of the molecule is Cc1cccc(C(C=O)c2ccccn2)c1. The van der Waals surface area contributed by atoms with E-state index in [1.165, 1.54) is 0 Å². The zero-order valence-electron chi connectivity index (χ0n) is 9.13. The minimum absolute atomic E-state index is 0.263. The smallest absolute Gasteiger partial charge is 0.133 e. The first-order chi connectivity index (χ1) is 7.81. The summed E-state index contributed by atoms with van der Waals surface area (Å²) in [5.41, 5.74) is 2.94. The van der Waals surface area contributed by atoms with E-state index in [1.54, 1.807) is 6.20 Å². The molecule has 16 heavy (non-hydrogen) atoms. The number of benzene rings is 1. The Bertz CT molecular complexity index is 479. The topological polar surface area (TPSA) is 30.0 Å². The lowest BCUT2D eigenvalue weighted by atomic mass is 9.95. The largest absolute Gasteiger partial charge is 0.302 e. The molecule has 1 aromatic heterocycles. The Balaban J connectivity index is 2.41. The van der Waals surface area contributed by atoms with Crippen LogP contribution in [0.3, 0.4) is 0 Å². The number of aromatic nitrogens is 1. The molecule has 1 heterocycles. The highest BCUT2D eigenvalue weighted by molar-refractivity contribution is 5.67. The Hall–Kier alpha value is -1.96. The van der Waals surface area contributed by atoms with E-state index in [0.29, 0.717) is 0 Å². The number of hydrogen-bond donors (Lipinski definition) is 0. The number of rotatable bonds is 3. The van der Waals surface area contributed by atoms with Crippen LogP contribution in [-0.2, 0) is 4.79 Å². The van der Waals surface area contributed by atoms with Gasteiger partial charge in [0.25, 0.3) is 0 Å². The number of carbonyl (C=O) groups is 1. The van der Waals surface area contributed by atoms with E-state index < -0.39 is 0 Å². The van der Waals surface area contributed by atoms with Crippen molar-refractivity contribution in [1.29, 1.82) is 0 Å². The number of aryl methyl sites for hydroxylation is 1. The van der Waals surface area contributed by atoms with Crippen LogP contribution >= 0.6 is 0 Å². The van der Waals surface area contributed by atoms with Gasteiger partial charge in [0.15, 0.2) is 0 Å². The highest BCUT2D eigenvalue weighted by Crippen LogP contribution is 2.21. The van der Waals surface area contributed by atoms with E-state index in [9.17, 15) is 4.79 Å². The van der Waals surface area contributed by atoms with Crippen molar-refractivity contribution in [3.05, 3.63) is 65.5 Å². The van der Waals surface area contributed by atoms with Crippen molar-refractivity contribution in [2.24, 2.45) is 0 Å². The molecule has 2 heteroatoms. The summed E-state index contributed by atoms with van der Waals surface area (Å²) in [4.78, 5) is 15.4. The second kappa shape index (κ2) is 4.71. The summed E-state index contributed by atoms with van der Waals surface area (Å²) in [5.74, 6) is -0.263. The molecule has 0 saturated heterocycles. The molecular weight excluding hydrogens is 198 g/mol. The van der Waals surface area contributed by atoms with Gasteiger partial charge in [-0.15, -0.1) is 0 Å². The third-order valence-electron chi connectivity index (χ3n) is 2.54. The standard InChI is InChI=1S/C14H13NO/c1-11-5-4-6-12(9-11)13(10-16)14-7-2-3-8-15-14/h2-10,13H,1H3. The highest BCUT2D eigenvalue weighted by Gasteiger charge is 2.13. The van der Waals surface area contributed by atoms with Gasteiger partial charge < -0.3 is 4.79 Å². The van der Waals surface area contributed by atoms with Gasteiger partial charge in [0, 0.05) is 6.20 Å². The van der Waals surface area contributed by atoms with Crippen LogP contribution in [0.5, 0.6) is 0 Å². The number of nitrogens with zero attached hydrogens (tertiary/aromatic N) is 1. The van der Waals surface area contributed by atoms with Crippen LogP contribution in [0.4, 0.5) is 0 Å². The lowest BCUT2D eigenvalue weighted by Gasteiger charge is -2.10. The van der Waals surface area contributed by atoms with Crippen LogP contribution < -0.4 is 0 Å². The fourth-order valence-electron chi connectivity index (χ4n) is 1.74. The van der Waals surface area contributed by atoms with Gasteiger partial charge in [-0.2, -0.15) is 0 Å². The van der Waals surface area contributed by atoms with Crippen molar-refractivity contribution in [3.63, 3.8) is 0 Å². The second-order valence-electron chi connectivity index (χ2n) is 3.78. The third-order valence-corrected chi connectivity index (χ3v) is 2.54. The maximum absolute atomic E-state index is 11.2. The first kappa shape index (κ1) is 10.6. The second-order valence-corrected chi connectivity index (χ2v) is 3.78. The van der Waals surface area contributed by atoms with E-state index in [4.69, 9.17) is 0 Å². The van der Waals surface area contributed by atoms with Crippen LogP contribution in [0.1, 0.15) is 22.7 Å². The molecule has 2 rings (SSSR count). The fourth-order valence-corrected chi connectivity index (χ4v) is 1.74. The Morgan fingerprint density at radius 3 is 2.69 bits per heavy atom. The zero-order chi connectivity index (χ0) is 11.4. The number of aldehydes is 1. The molecule has 1 unspecified atom stereocenters. The summed E-state index contributed by atoms with van der Waals surface area (Å²) in [6.45, 7) is 2.02. The van der Waals surface area contributed by atoms with Crippen molar-refractivity contribution >= 4 is 6.29 Å². The van der Waals surface area contributed by atoms with Gasteiger partial charge in [0.05, 0.1) is 11.6 Å². The summed E-state index contributed by atoms with van der Waals surface area (Å²) >= 11 is 0. The summed E-state index contributed by atoms with van der Waals surface area (Å²) in [7, 11) is 0. The zero-order valence-corrected chi connectivity index (χ0v) is 9.13. The highest BCUT2D eigenvalue weighted by atomic mass is 16.1. The first-order valence-electron chi connectivity index (χ1n) is 5.24. The van der Waals surface area contributed by atoms with Crippen molar-refractivity contribution < 1.29 is 4.79 Å². The molecule has 80 valence electrons. The molecule has 0 radical (unpaired) electrons.